The minimum Gasteiger partial charge on any atom is -0.307 e. The Balaban J connectivity index is 1.55. The summed E-state index contributed by atoms with van der Waals surface area (Å²) in [6.45, 7) is 0.834. The number of anilines is 1. The van der Waals surface area contributed by atoms with E-state index in [1.807, 2.05) is 63.7 Å². The fourth-order valence-corrected chi connectivity index (χ4v) is 3.14. The van der Waals surface area contributed by atoms with Crippen LogP contribution >= 0.6 is 0 Å². The normalized spacial score (nSPS) is 11.2. The van der Waals surface area contributed by atoms with Gasteiger partial charge in [-0.15, -0.1) is 0 Å². The minimum absolute atomic E-state index is 0.190. The van der Waals surface area contributed by atoms with E-state index in [0.29, 0.717) is 11.4 Å². The summed E-state index contributed by atoms with van der Waals surface area (Å²) < 4.78 is 1.75. The van der Waals surface area contributed by atoms with Crippen molar-refractivity contribution in [1.29, 1.82) is 0 Å². The van der Waals surface area contributed by atoms with E-state index in [2.05, 4.69) is 25.3 Å². The zero-order valence-electron chi connectivity index (χ0n) is 16.6. The summed E-state index contributed by atoms with van der Waals surface area (Å²) in [7, 11) is 5.91. The maximum Gasteiger partial charge on any atom is 0.256 e. The van der Waals surface area contributed by atoms with E-state index in [0.717, 1.165) is 34.1 Å². The van der Waals surface area contributed by atoms with Gasteiger partial charge in [-0.05, 0) is 43.9 Å². The first kappa shape index (κ1) is 18.8. The van der Waals surface area contributed by atoms with Crippen molar-refractivity contribution < 1.29 is 4.79 Å². The zero-order valence-corrected chi connectivity index (χ0v) is 16.6. The van der Waals surface area contributed by atoms with E-state index in [1.165, 1.54) is 0 Å². The van der Waals surface area contributed by atoms with Gasteiger partial charge in [0.25, 0.3) is 5.91 Å². The van der Waals surface area contributed by atoms with E-state index >= 15 is 0 Å². The third-order valence-corrected chi connectivity index (χ3v) is 4.56. The number of aromatic nitrogens is 4. The molecule has 0 aliphatic heterocycles. The second-order valence-corrected chi connectivity index (χ2v) is 7.28. The van der Waals surface area contributed by atoms with Crippen molar-refractivity contribution in [1.82, 2.24) is 24.6 Å². The molecule has 0 aliphatic carbocycles. The molecule has 0 saturated heterocycles. The molecule has 4 aromatic rings. The predicted octanol–water partition coefficient (Wildman–Crippen LogP) is 3.34. The fourth-order valence-electron chi connectivity index (χ4n) is 3.14. The molecule has 0 radical (unpaired) electrons. The summed E-state index contributed by atoms with van der Waals surface area (Å²) in [5, 5.41) is 7.97. The Morgan fingerprint density at radius 3 is 2.52 bits per heavy atom. The average molecular weight is 386 g/mol. The van der Waals surface area contributed by atoms with E-state index < -0.39 is 0 Å². The highest BCUT2D eigenvalue weighted by Crippen LogP contribution is 2.23. The van der Waals surface area contributed by atoms with Gasteiger partial charge in [-0.1, -0.05) is 12.1 Å². The van der Waals surface area contributed by atoms with E-state index in [4.69, 9.17) is 0 Å². The van der Waals surface area contributed by atoms with Crippen LogP contribution in [0.1, 0.15) is 15.9 Å². The lowest BCUT2D eigenvalue weighted by Gasteiger charge is -2.10. The number of carbonyl (C=O) groups is 1. The Labute approximate surface area is 169 Å². The SMILES string of the molecule is CN(C)Cc1ccc(C(=O)Nc2cc3cc(-c4cnn(C)c4)cnc3cn2)cc1. The van der Waals surface area contributed by atoms with Gasteiger partial charge in [-0.3, -0.25) is 14.5 Å². The molecule has 0 aliphatic rings. The molecule has 146 valence electrons. The van der Waals surface area contributed by atoms with Gasteiger partial charge < -0.3 is 10.2 Å². The first-order valence-electron chi connectivity index (χ1n) is 9.28. The van der Waals surface area contributed by atoms with Crippen LogP contribution in [0.4, 0.5) is 5.82 Å². The number of hydrogen-bond donors (Lipinski definition) is 1. The van der Waals surface area contributed by atoms with E-state index in [1.54, 1.807) is 23.3 Å². The molecule has 0 spiro atoms. The number of rotatable bonds is 5. The molecule has 1 aromatic carbocycles. The predicted molar refractivity (Wildman–Crippen MR) is 114 cm³/mol. The van der Waals surface area contributed by atoms with Crippen molar-refractivity contribution >= 4 is 22.6 Å². The quantitative estimate of drug-likeness (QED) is 0.569. The number of nitrogens with zero attached hydrogens (tertiary/aromatic N) is 5. The molecule has 7 heteroatoms. The first-order valence-corrected chi connectivity index (χ1v) is 9.28. The van der Waals surface area contributed by atoms with Crippen molar-refractivity contribution in [3.05, 3.63) is 72.3 Å². The number of aryl methyl sites for hydroxylation is 1. The van der Waals surface area contributed by atoms with Crippen LogP contribution in [0.15, 0.2) is 61.2 Å². The third kappa shape index (κ3) is 4.30. The average Bonchev–Trinajstić information content (AvgIpc) is 3.14. The molecule has 29 heavy (non-hydrogen) atoms. The fraction of sp³-hybridized carbons (Fsp3) is 0.182. The number of fused-ring (bicyclic) bond motifs is 1. The second kappa shape index (κ2) is 7.81. The van der Waals surface area contributed by atoms with E-state index in [-0.39, 0.29) is 5.91 Å². The van der Waals surface area contributed by atoms with Crippen LogP contribution in [-0.2, 0) is 13.6 Å². The van der Waals surface area contributed by atoms with Crippen LogP contribution in [0.2, 0.25) is 0 Å². The number of hydrogen-bond acceptors (Lipinski definition) is 5. The zero-order chi connectivity index (χ0) is 20.4. The molecule has 0 bridgehead atoms. The summed E-state index contributed by atoms with van der Waals surface area (Å²) in [6, 6.07) is 11.4. The van der Waals surface area contributed by atoms with Gasteiger partial charge in [0.15, 0.2) is 0 Å². The van der Waals surface area contributed by atoms with Crippen molar-refractivity contribution in [3.63, 3.8) is 0 Å². The Morgan fingerprint density at radius 2 is 1.83 bits per heavy atom. The van der Waals surface area contributed by atoms with Gasteiger partial charge in [0.2, 0.25) is 0 Å². The lowest BCUT2D eigenvalue weighted by atomic mass is 10.1. The number of pyridine rings is 2. The molecule has 3 heterocycles. The van der Waals surface area contributed by atoms with Crippen LogP contribution in [0.25, 0.3) is 22.0 Å². The monoisotopic (exact) mass is 386 g/mol. The summed E-state index contributed by atoms with van der Waals surface area (Å²) >= 11 is 0. The largest absolute Gasteiger partial charge is 0.307 e. The first-order chi connectivity index (χ1) is 14.0. The summed E-state index contributed by atoms with van der Waals surface area (Å²) in [5.41, 5.74) is 4.47. The topological polar surface area (TPSA) is 75.9 Å². The van der Waals surface area contributed by atoms with Crippen molar-refractivity contribution in [3.8, 4) is 11.1 Å². The standard InChI is InChI=1S/C22H22N6O/c1-27(2)13-15-4-6-16(7-5-15)22(29)26-21-9-17-8-18(10-23-20(17)12-24-21)19-11-25-28(3)14-19/h4-12,14H,13H2,1-3H3,(H,24,26,29). The molecular weight excluding hydrogens is 364 g/mol. The second-order valence-electron chi connectivity index (χ2n) is 7.28. The van der Waals surface area contributed by atoms with Gasteiger partial charge in [0.1, 0.15) is 5.82 Å². The molecular formula is C22H22N6O. The Morgan fingerprint density at radius 1 is 1.03 bits per heavy atom. The summed E-state index contributed by atoms with van der Waals surface area (Å²) in [5.74, 6) is 0.301. The summed E-state index contributed by atoms with van der Waals surface area (Å²) in [6.07, 6.45) is 7.20. The minimum atomic E-state index is -0.190. The Bertz CT molecular complexity index is 1160. The molecule has 3 aromatic heterocycles. The van der Waals surface area contributed by atoms with Gasteiger partial charge in [-0.25, -0.2) is 4.98 Å². The highest BCUT2D eigenvalue weighted by Gasteiger charge is 2.09. The van der Waals surface area contributed by atoms with Gasteiger partial charge in [0, 0.05) is 48.1 Å². The molecule has 0 unspecified atom stereocenters. The lowest BCUT2D eigenvalue weighted by Crippen LogP contribution is -2.14. The van der Waals surface area contributed by atoms with Gasteiger partial charge >= 0.3 is 0 Å². The highest BCUT2D eigenvalue weighted by atomic mass is 16.1. The molecule has 4 rings (SSSR count). The summed E-state index contributed by atoms with van der Waals surface area (Å²) in [4.78, 5) is 23.5. The van der Waals surface area contributed by atoms with Crippen LogP contribution in [-0.4, -0.2) is 44.7 Å². The molecule has 1 N–H and O–H groups in total. The lowest BCUT2D eigenvalue weighted by molar-refractivity contribution is 0.102. The number of carbonyl (C=O) groups excluding carboxylic acids is 1. The molecule has 0 saturated carbocycles. The molecule has 7 nitrogen and oxygen atoms in total. The number of amides is 1. The van der Waals surface area contributed by atoms with Gasteiger partial charge in [0.05, 0.1) is 17.9 Å². The van der Waals surface area contributed by atoms with E-state index in [9.17, 15) is 4.79 Å². The van der Waals surface area contributed by atoms with Crippen molar-refractivity contribution in [2.75, 3.05) is 19.4 Å². The van der Waals surface area contributed by atoms with Crippen LogP contribution in [0.3, 0.4) is 0 Å². The number of benzene rings is 1. The van der Waals surface area contributed by atoms with Crippen LogP contribution in [0, 0.1) is 0 Å². The van der Waals surface area contributed by atoms with Crippen LogP contribution < -0.4 is 5.32 Å². The van der Waals surface area contributed by atoms with Crippen molar-refractivity contribution in [2.45, 2.75) is 6.54 Å². The smallest absolute Gasteiger partial charge is 0.256 e. The Hall–Kier alpha value is -3.58. The molecule has 0 fully saturated rings. The van der Waals surface area contributed by atoms with Crippen molar-refractivity contribution in [2.24, 2.45) is 7.05 Å². The molecule has 0 atom stereocenters. The maximum absolute atomic E-state index is 12.6. The maximum atomic E-state index is 12.6. The third-order valence-electron chi connectivity index (χ3n) is 4.56. The Kier molecular flexibility index (Phi) is 5.05. The number of nitrogens with one attached hydrogen (secondary N) is 1. The van der Waals surface area contributed by atoms with Gasteiger partial charge in [-0.2, -0.15) is 5.10 Å². The highest BCUT2D eigenvalue weighted by molar-refractivity contribution is 6.04. The van der Waals surface area contributed by atoms with Crippen LogP contribution in [0.5, 0.6) is 0 Å². The molecule has 1 amide bonds.